The van der Waals surface area contributed by atoms with Gasteiger partial charge >= 0.3 is 0 Å². The molecule has 0 bridgehead atoms. The molecule has 0 aliphatic carbocycles. The fourth-order valence-corrected chi connectivity index (χ4v) is 6.19. The van der Waals surface area contributed by atoms with E-state index in [0.29, 0.717) is 29.6 Å². The van der Waals surface area contributed by atoms with Crippen LogP contribution in [0.2, 0.25) is 0 Å². The van der Waals surface area contributed by atoms with Crippen molar-refractivity contribution in [1.29, 1.82) is 0 Å². The Balaban J connectivity index is 1.24. The van der Waals surface area contributed by atoms with Crippen LogP contribution in [-0.2, 0) is 13.0 Å². The van der Waals surface area contributed by atoms with Crippen LogP contribution in [0.15, 0.2) is 81.8 Å². The third-order valence-electron chi connectivity index (χ3n) is 7.25. The van der Waals surface area contributed by atoms with Crippen molar-refractivity contribution in [3.63, 3.8) is 0 Å². The summed E-state index contributed by atoms with van der Waals surface area (Å²) in [5, 5.41) is 0. The van der Waals surface area contributed by atoms with E-state index >= 15 is 0 Å². The van der Waals surface area contributed by atoms with Crippen LogP contribution >= 0.6 is 11.8 Å². The van der Waals surface area contributed by atoms with Gasteiger partial charge < -0.3 is 23.4 Å². The van der Waals surface area contributed by atoms with Gasteiger partial charge in [-0.15, -0.1) is 0 Å². The van der Waals surface area contributed by atoms with E-state index in [1.165, 1.54) is 11.8 Å². The lowest BCUT2D eigenvalue weighted by atomic mass is 9.87. The summed E-state index contributed by atoms with van der Waals surface area (Å²) in [7, 11) is 0. The molecule has 4 heterocycles. The summed E-state index contributed by atoms with van der Waals surface area (Å²) in [5.41, 5.74) is 4.38. The van der Waals surface area contributed by atoms with Crippen LogP contribution in [0.5, 0.6) is 5.75 Å². The quantitative estimate of drug-likeness (QED) is 0.309. The summed E-state index contributed by atoms with van der Waals surface area (Å²) in [5.74, 6) is 3.64. The van der Waals surface area contributed by atoms with E-state index in [1.54, 1.807) is 24.3 Å². The van der Waals surface area contributed by atoms with E-state index in [-0.39, 0.29) is 24.5 Å². The molecule has 1 fully saturated rings. The number of thioether (sulfide) groups is 1. The molecule has 39 heavy (non-hydrogen) atoms. The van der Waals surface area contributed by atoms with Crippen LogP contribution in [0.1, 0.15) is 55.2 Å². The van der Waals surface area contributed by atoms with Crippen LogP contribution in [-0.4, -0.2) is 52.8 Å². The number of furan rings is 2. The van der Waals surface area contributed by atoms with Gasteiger partial charge in [0.25, 0.3) is 11.8 Å². The normalized spacial score (nSPS) is 17.1. The largest absolute Gasteiger partial charge is 0.486 e. The number of rotatable bonds is 6. The Morgan fingerprint density at radius 2 is 1.82 bits per heavy atom. The Kier molecular flexibility index (Phi) is 7.20. The molecular weight excluding hydrogens is 512 g/mol. The van der Waals surface area contributed by atoms with Crippen LogP contribution in [0.4, 0.5) is 0 Å². The maximum Gasteiger partial charge on any atom is 0.290 e. The summed E-state index contributed by atoms with van der Waals surface area (Å²) < 4.78 is 17.4. The lowest BCUT2D eigenvalue weighted by Gasteiger charge is -2.37. The maximum atomic E-state index is 13.5. The molecule has 2 amide bonds. The second kappa shape index (κ2) is 11.1. The number of hydrogen-bond donors (Lipinski definition) is 0. The summed E-state index contributed by atoms with van der Waals surface area (Å²) in [6, 6.07) is 21.0. The molecule has 8 heteroatoms. The van der Waals surface area contributed by atoms with E-state index < -0.39 is 0 Å². The van der Waals surface area contributed by atoms with Crippen molar-refractivity contribution >= 4 is 23.6 Å². The average Bonchev–Trinajstić information content (AvgIpc) is 3.68. The zero-order chi connectivity index (χ0) is 26.8. The fraction of sp³-hybridized carbons (Fsp3) is 0.290. The minimum Gasteiger partial charge on any atom is -0.486 e. The van der Waals surface area contributed by atoms with E-state index in [9.17, 15) is 9.59 Å². The molecule has 1 saturated heterocycles. The van der Waals surface area contributed by atoms with Gasteiger partial charge in [0.05, 0.1) is 12.3 Å². The van der Waals surface area contributed by atoms with Crippen molar-refractivity contribution in [3.8, 4) is 5.75 Å². The van der Waals surface area contributed by atoms with E-state index in [2.05, 4.69) is 31.2 Å². The van der Waals surface area contributed by atoms with E-state index in [1.807, 2.05) is 39.8 Å². The number of ether oxygens (including phenoxy) is 1. The molecule has 2 aromatic heterocycles. The van der Waals surface area contributed by atoms with Gasteiger partial charge in [0, 0.05) is 31.1 Å². The Labute approximate surface area is 231 Å². The van der Waals surface area contributed by atoms with Gasteiger partial charge in [0.2, 0.25) is 0 Å². The van der Waals surface area contributed by atoms with Gasteiger partial charge in [-0.1, -0.05) is 35.9 Å². The van der Waals surface area contributed by atoms with Crippen LogP contribution in [0.3, 0.4) is 0 Å². The predicted octanol–water partition coefficient (Wildman–Crippen LogP) is 5.74. The minimum atomic E-state index is -0.273. The molecular formula is C31H30N2O5S. The highest BCUT2D eigenvalue weighted by molar-refractivity contribution is 7.99. The van der Waals surface area contributed by atoms with Gasteiger partial charge in [-0.2, -0.15) is 11.8 Å². The van der Waals surface area contributed by atoms with Gasteiger partial charge in [-0.3, -0.25) is 9.59 Å². The summed E-state index contributed by atoms with van der Waals surface area (Å²) in [6.07, 6.45) is 2.26. The molecule has 6 rings (SSSR count). The van der Waals surface area contributed by atoms with Crippen LogP contribution < -0.4 is 4.74 Å². The van der Waals surface area contributed by atoms with Gasteiger partial charge in [-0.25, -0.2) is 0 Å². The second-order valence-corrected chi connectivity index (χ2v) is 11.1. The third kappa shape index (κ3) is 5.34. The molecule has 7 nitrogen and oxygen atoms in total. The minimum absolute atomic E-state index is 0.0716. The molecule has 2 aliphatic rings. The first-order valence-corrected chi connectivity index (χ1v) is 14.3. The SMILES string of the molecule is Cc1cccc(C2c3cc(OCc4ccc(C(=O)N5CCSCC5)o4)ccc3CCN2C(=O)c2ccco2)c1. The lowest BCUT2D eigenvalue weighted by Crippen LogP contribution is -2.40. The third-order valence-corrected chi connectivity index (χ3v) is 8.19. The molecule has 0 N–H and O–H groups in total. The predicted molar refractivity (Wildman–Crippen MR) is 149 cm³/mol. The van der Waals surface area contributed by atoms with Crippen molar-refractivity contribution in [2.75, 3.05) is 31.1 Å². The fourth-order valence-electron chi connectivity index (χ4n) is 5.29. The monoisotopic (exact) mass is 542 g/mol. The number of aryl methyl sites for hydroxylation is 1. The zero-order valence-corrected chi connectivity index (χ0v) is 22.6. The van der Waals surface area contributed by atoms with Crippen molar-refractivity contribution in [1.82, 2.24) is 9.80 Å². The second-order valence-electron chi connectivity index (χ2n) is 9.86. The summed E-state index contributed by atoms with van der Waals surface area (Å²) >= 11 is 1.86. The molecule has 4 aromatic rings. The lowest BCUT2D eigenvalue weighted by molar-refractivity contribution is 0.0660. The maximum absolute atomic E-state index is 13.5. The molecule has 1 atom stereocenters. The van der Waals surface area contributed by atoms with Crippen molar-refractivity contribution in [2.45, 2.75) is 26.0 Å². The Morgan fingerprint density at radius 3 is 2.62 bits per heavy atom. The molecule has 0 saturated carbocycles. The Hall–Kier alpha value is -3.91. The number of fused-ring (bicyclic) bond motifs is 1. The van der Waals surface area contributed by atoms with Crippen LogP contribution in [0, 0.1) is 6.92 Å². The molecule has 2 aromatic carbocycles. The number of carbonyl (C=O) groups is 2. The molecule has 1 unspecified atom stereocenters. The number of amides is 2. The average molecular weight is 543 g/mol. The number of nitrogens with zero attached hydrogens (tertiary/aromatic N) is 2. The van der Waals surface area contributed by atoms with Gasteiger partial charge in [0.1, 0.15) is 18.1 Å². The number of carbonyl (C=O) groups excluding carboxylic acids is 2. The zero-order valence-electron chi connectivity index (χ0n) is 21.8. The summed E-state index contributed by atoms with van der Waals surface area (Å²) in [6.45, 7) is 4.33. The van der Waals surface area contributed by atoms with Gasteiger partial charge in [0.15, 0.2) is 11.5 Å². The number of hydrogen-bond acceptors (Lipinski definition) is 6. The molecule has 2 aliphatic heterocycles. The highest BCUT2D eigenvalue weighted by Crippen LogP contribution is 2.38. The van der Waals surface area contributed by atoms with E-state index in [0.717, 1.165) is 47.7 Å². The standard InChI is InChI=1S/C31H30N2O5S/c1-21-4-2-5-23(18-21)29-26-19-24(8-7-22(26)11-12-33(29)31(35)27-6-3-15-36-27)37-20-25-9-10-28(38-25)30(34)32-13-16-39-17-14-32/h2-10,15,18-19,29H,11-14,16-17,20H2,1H3. The molecule has 0 spiro atoms. The Morgan fingerprint density at radius 1 is 0.949 bits per heavy atom. The first-order valence-electron chi connectivity index (χ1n) is 13.2. The number of benzene rings is 2. The molecule has 200 valence electrons. The van der Waals surface area contributed by atoms with Crippen molar-refractivity contribution < 1.29 is 23.2 Å². The first-order chi connectivity index (χ1) is 19.1. The summed E-state index contributed by atoms with van der Waals surface area (Å²) in [4.78, 5) is 29.9. The topological polar surface area (TPSA) is 76.1 Å². The van der Waals surface area contributed by atoms with Crippen molar-refractivity contribution in [3.05, 3.63) is 113 Å². The highest BCUT2D eigenvalue weighted by atomic mass is 32.2. The van der Waals surface area contributed by atoms with E-state index in [4.69, 9.17) is 13.6 Å². The first kappa shape index (κ1) is 25.4. The van der Waals surface area contributed by atoms with Crippen LogP contribution in [0.25, 0.3) is 0 Å². The Bertz CT molecular complexity index is 1470. The van der Waals surface area contributed by atoms with Gasteiger partial charge in [-0.05, 0) is 66.4 Å². The van der Waals surface area contributed by atoms with Crippen molar-refractivity contribution in [2.24, 2.45) is 0 Å². The smallest absolute Gasteiger partial charge is 0.290 e. The highest BCUT2D eigenvalue weighted by Gasteiger charge is 2.34. The molecule has 0 radical (unpaired) electrons.